The number of nitrogens with one attached hydrogen (secondary N) is 2. The first-order valence-corrected chi connectivity index (χ1v) is 12.3. The van der Waals surface area contributed by atoms with Crippen LogP contribution < -0.4 is 20.1 Å². The maximum absolute atomic E-state index is 13.0. The van der Waals surface area contributed by atoms with Crippen molar-refractivity contribution >= 4 is 34.3 Å². The first-order chi connectivity index (χ1) is 18.4. The number of nitrogens with zero attached hydrogens (tertiary/aromatic N) is 2. The summed E-state index contributed by atoms with van der Waals surface area (Å²) in [5.41, 5.74) is 2.68. The van der Waals surface area contributed by atoms with Gasteiger partial charge in [0.25, 0.3) is 5.91 Å². The van der Waals surface area contributed by atoms with E-state index < -0.39 is 11.9 Å². The van der Waals surface area contributed by atoms with Gasteiger partial charge in [-0.2, -0.15) is 0 Å². The lowest BCUT2D eigenvalue weighted by Crippen LogP contribution is -2.17. The number of para-hydroxylation sites is 1. The predicted octanol–water partition coefficient (Wildman–Crippen LogP) is 5.34. The molecule has 0 aliphatic heterocycles. The Labute approximate surface area is 220 Å². The summed E-state index contributed by atoms with van der Waals surface area (Å²) in [4.78, 5) is 30.6. The number of aryl methyl sites for hydroxylation is 1. The van der Waals surface area contributed by atoms with Crippen LogP contribution in [0.15, 0.2) is 53.3 Å². The Balaban J connectivity index is 1.77. The number of benzene rings is 1. The summed E-state index contributed by atoms with van der Waals surface area (Å²) in [7, 11) is 4.50. The van der Waals surface area contributed by atoms with E-state index in [0.717, 1.165) is 12.0 Å². The predicted molar refractivity (Wildman–Crippen MR) is 144 cm³/mol. The minimum Gasteiger partial charge on any atom is -0.493 e. The second-order valence-corrected chi connectivity index (χ2v) is 9.08. The molecule has 1 aromatic carbocycles. The SMILES string of the molecule is COC(=O)c1c(NC(=O)c2ccco2)c2cc(NCc3cccc(OC)c3OC)cnc2n1CCC(C)C. The van der Waals surface area contributed by atoms with Crippen molar-refractivity contribution in [3.05, 3.63) is 65.9 Å². The fraction of sp³-hybridized carbons (Fsp3) is 0.321. The molecule has 0 spiro atoms. The largest absolute Gasteiger partial charge is 0.493 e. The molecule has 0 unspecified atom stereocenters. The first-order valence-electron chi connectivity index (χ1n) is 12.3. The highest BCUT2D eigenvalue weighted by Crippen LogP contribution is 2.35. The van der Waals surface area contributed by atoms with Gasteiger partial charge < -0.3 is 33.8 Å². The summed E-state index contributed by atoms with van der Waals surface area (Å²) < 4.78 is 23.1. The van der Waals surface area contributed by atoms with Gasteiger partial charge in [0.15, 0.2) is 23.0 Å². The van der Waals surface area contributed by atoms with E-state index in [1.807, 2.05) is 24.3 Å². The molecule has 0 atom stereocenters. The van der Waals surface area contributed by atoms with E-state index in [-0.39, 0.29) is 11.5 Å². The van der Waals surface area contributed by atoms with Crippen LogP contribution in [0.4, 0.5) is 11.4 Å². The maximum atomic E-state index is 13.0. The molecule has 0 bridgehead atoms. The van der Waals surface area contributed by atoms with Gasteiger partial charge in [-0.25, -0.2) is 9.78 Å². The molecule has 10 nitrogen and oxygen atoms in total. The van der Waals surface area contributed by atoms with Crippen LogP contribution in [0, 0.1) is 5.92 Å². The number of furan rings is 1. The molecule has 0 saturated heterocycles. The van der Waals surface area contributed by atoms with Gasteiger partial charge in [-0.15, -0.1) is 0 Å². The molecule has 0 radical (unpaired) electrons. The van der Waals surface area contributed by atoms with Crippen LogP contribution in [-0.4, -0.2) is 42.8 Å². The van der Waals surface area contributed by atoms with Gasteiger partial charge in [0.1, 0.15) is 5.65 Å². The number of esters is 1. The van der Waals surface area contributed by atoms with Crippen molar-refractivity contribution < 1.29 is 28.2 Å². The number of carbonyl (C=O) groups excluding carboxylic acids is 2. The van der Waals surface area contributed by atoms with Crippen LogP contribution in [0.5, 0.6) is 11.5 Å². The number of fused-ring (bicyclic) bond motifs is 1. The van der Waals surface area contributed by atoms with E-state index in [1.54, 1.807) is 37.1 Å². The number of anilines is 2. The summed E-state index contributed by atoms with van der Waals surface area (Å²) >= 11 is 0. The molecular weight excluding hydrogens is 488 g/mol. The zero-order valence-electron chi connectivity index (χ0n) is 22.2. The van der Waals surface area contributed by atoms with E-state index in [4.69, 9.17) is 18.6 Å². The van der Waals surface area contributed by atoms with E-state index in [0.29, 0.717) is 52.9 Å². The third-order valence-electron chi connectivity index (χ3n) is 6.16. The van der Waals surface area contributed by atoms with E-state index >= 15 is 0 Å². The van der Waals surface area contributed by atoms with Crippen LogP contribution in [0.3, 0.4) is 0 Å². The van der Waals surface area contributed by atoms with Gasteiger partial charge in [0.05, 0.1) is 45.2 Å². The maximum Gasteiger partial charge on any atom is 0.356 e. The Morgan fingerprint density at radius 3 is 2.58 bits per heavy atom. The second kappa shape index (κ2) is 11.7. The minimum atomic E-state index is -0.572. The number of hydrogen-bond acceptors (Lipinski definition) is 8. The highest BCUT2D eigenvalue weighted by Gasteiger charge is 2.27. The van der Waals surface area contributed by atoms with Crippen molar-refractivity contribution in [2.75, 3.05) is 32.0 Å². The lowest BCUT2D eigenvalue weighted by molar-refractivity contribution is 0.0589. The fourth-order valence-electron chi connectivity index (χ4n) is 4.24. The molecule has 4 aromatic rings. The molecule has 3 heterocycles. The minimum absolute atomic E-state index is 0.122. The molecule has 10 heteroatoms. The van der Waals surface area contributed by atoms with Crippen molar-refractivity contribution in [2.24, 2.45) is 5.92 Å². The van der Waals surface area contributed by atoms with Crippen LogP contribution in [0.2, 0.25) is 0 Å². The first kappa shape index (κ1) is 26.6. The molecule has 0 aliphatic carbocycles. The molecule has 2 N–H and O–H groups in total. The molecule has 200 valence electrons. The Bertz CT molecular complexity index is 1430. The highest BCUT2D eigenvalue weighted by molar-refractivity contribution is 6.14. The molecule has 38 heavy (non-hydrogen) atoms. The van der Waals surface area contributed by atoms with Gasteiger partial charge >= 0.3 is 5.97 Å². The molecule has 1 amide bonds. The number of carbonyl (C=O) groups is 2. The van der Waals surface area contributed by atoms with Gasteiger partial charge in [0.2, 0.25) is 0 Å². The van der Waals surface area contributed by atoms with E-state index in [1.165, 1.54) is 13.4 Å². The van der Waals surface area contributed by atoms with Gasteiger partial charge in [0, 0.05) is 24.0 Å². The Morgan fingerprint density at radius 2 is 1.92 bits per heavy atom. The zero-order chi connectivity index (χ0) is 27.2. The number of pyridine rings is 1. The summed E-state index contributed by atoms with van der Waals surface area (Å²) in [6.07, 6.45) is 3.91. The number of hydrogen-bond donors (Lipinski definition) is 2. The van der Waals surface area contributed by atoms with Crippen LogP contribution in [0.25, 0.3) is 11.0 Å². The summed E-state index contributed by atoms with van der Waals surface area (Å²) in [6.45, 7) is 5.16. The third kappa shape index (κ3) is 5.44. The average molecular weight is 521 g/mol. The second-order valence-electron chi connectivity index (χ2n) is 9.08. The molecule has 0 fully saturated rings. The molecule has 0 aliphatic rings. The summed E-state index contributed by atoms with van der Waals surface area (Å²) in [5, 5.41) is 6.80. The number of aromatic nitrogens is 2. The topological polar surface area (TPSA) is 117 Å². The fourth-order valence-corrected chi connectivity index (χ4v) is 4.24. The Kier molecular flexibility index (Phi) is 8.20. The van der Waals surface area contributed by atoms with Crippen molar-refractivity contribution in [3.63, 3.8) is 0 Å². The molecule has 0 saturated carbocycles. The zero-order valence-corrected chi connectivity index (χ0v) is 22.2. The number of amides is 1. The van der Waals surface area contributed by atoms with Crippen molar-refractivity contribution in [1.82, 2.24) is 9.55 Å². The van der Waals surface area contributed by atoms with Gasteiger partial charge in [-0.1, -0.05) is 26.0 Å². The van der Waals surface area contributed by atoms with Gasteiger partial charge in [-0.05, 0) is 36.6 Å². The van der Waals surface area contributed by atoms with E-state index in [2.05, 4.69) is 29.5 Å². The van der Waals surface area contributed by atoms with Crippen LogP contribution >= 0.6 is 0 Å². The van der Waals surface area contributed by atoms with E-state index in [9.17, 15) is 9.59 Å². The molecule has 3 aromatic heterocycles. The Morgan fingerprint density at radius 1 is 1.11 bits per heavy atom. The van der Waals surface area contributed by atoms with Crippen LogP contribution in [0.1, 0.15) is 46.9 Å². The quantitative estimate of drug-likeness (QED) is 0.255. The highest BCUT2D eigenvalue weighted by atomic mass is 16.5. The van der Waals surface area contributed by atoms with Crippen molar-refractivity contribution in [1.29, 1.82) is 0 Å². The average Bonchev–Trinajstić information content (AvgIpc) is 3.57. The number of rotatable bonds is 11. The summed E-state index contributed by atoms with van der Waals surface area (Å²) in [5.74, 6) is 0.720. The normalized spacial score (nSPS) is 11.0. The lowest BCUT2D eigenvalue weighted by Gasteiger charge is -2.14. The smallest absolute Gasteiger partial charge is 0.356 e. The van der Waals surface area contributed by atoms with Crippen molar-refractivity contribution in [3.8, 4) is 11.5 Å². The Hall–Kier alpha value is -4.47. The van der Waals surface area contributed by atoms with Crippen LogP contribution in [-0.2, 0) is 17.8 Å². The molecular formula is C28H32N4O6. The monoisotopic (exact) mass is 520 g/mol. The van der Waals surface area contributed by atoms with Gasteiger partial charge in [-0.3, -0.25) is 4.79 Å². The number of ether oxygens (including phenoxy) is 3. The standard InChI is InChI=1S/C28H32N4O6/c1-17(2)11-12-32-24(28(34)37-5)23(31-27(33)22-10-7-13-38-22)20-14-19(16-30-26(20)32)29-15-18-8-6-9-21(35-3)25(18)36-4/h6-10,13-14,16-17,29H,11-12,15H2,1-5H3,(H,31,33). The summed E-state index contributed by atoms with van der Waals surface area (Å²) in [6, 6.07) is 10.7. The van der Waals surface area contributed by atoms with Crippen molar-refractivity contribution in [2.45, 2.75) is 33.4 Å². The molecule has 4 rings (SSSR count). The number of methoxy groups -OCH3 is 3. The third-order valence-corrected chi connectivity index (χ3v) is 6.16. The lowest BCUT2D eigenvalue weighted by atomic mass is 10.1.